The highest BCUT2D eigenvalue weighted by molar-refractivity contribution is 5.64. The minimum absolute atomic E-state index is 0.996. The molecule has 0 radical (unpaired) electrons. The van der Waals surface area contributed by atoms with Gasteiger partial charge in [0.1, 0.15) is 0 Å². The smallest absolute Gasteiger partial charge is 0.0923 e. The first-order valence-electron chi connectivity index (χ1n) is 3.31. The van der Waals surface area contributed by atoms with Crippen LogP contribution < -0.4 is 5.32 Å². The van der Waals surface area contributed by atoms with Crippen LogP contribution in [0.3, 0.4) is 0 Å². The minimum Gasteiger partial charge on any atom is -0.346 e. The second kappa shape index (κ2) is 2.14. The molecule has 0 unspecified atom stereocenters. The van der Waals surface area contributed by atoms with Crippen molar-refractivity contribution in [1.29, 1.82) is 0 Å². The fourth-order valence-corrected chi connectivity index (χ4v) is 1.07. The van der Waals surface area contributed by atoms with Crippen LogP contribution in [0.25, 0.3) is 0 Å². The molecule has 10 heavy (non-hydrogen) atoms. The third-order valence-corrected chi connectivity index (χ3v) is 1.61. The zero-order valence-electron chi connectivity index (χ0n) is 5.54. The fraction of sp³-hybridized carbons (Fsp3) is 0.125. The normalized spacial score (nSPS) is 20.8. The number of hydrogen-bond acceptors (Lipinski definition) is 2. The van der Waals surface area contributed by atoms with Crippen LogP contribution in [-0.2, 0) is 0 Å². The van der Waals surface area contributed by atoms with Gasteiger partial charge in [-0.25, -0.2) is 4.99 Å². The number of hydrogen-bond donors (Lipinski definition) is 1. The molecule has 0 aromatic rings. The molecule has 0 fully saturated rings. The minimum atomic E-state index is 0.996. The van der Waals surface area contributed by atoms with Crippen LogP contribution in [0.5, 0.6) is 0 Å². The van der Waals surface area contributed by atoms with Crippen molar-refractivity contribution in [3.05, 3.63) is 35.7 Å². The average molecular weight is 132 g/mol. The first-order chi connectivity index (χ1) is 4.97. The Balaban J connectivity index is 2.38. The maximum absolute atomic E-state index is 3.99. The number of allylic oxidation sites excluding steroid dienone is 4. The first-order valence-corrected chi connectivity index (χ1v) is 3.31. The molecule has 0 amide bonds. The van der Waals surface area contributed by atoms with E-state index in [1.807, 2.05) is 6.20 Å². The monoisotopic (exact) mass is 132 g/mol. The summed E-state index contributed by atoms with van der Waals surface area (Å²) >= 11 is 0. The van der Waals surface area contributed by atoms with Crippen molar-refractivity contribution >= 4 is 6.34 Å². The molecule has 1 heterocycles. The molecule has 2 nitrogen and oxygen atoms in total. The molecule has 1 aliphatic heterocycles. The molecule has 1 N–H and O–H groups in total. The van der Waals surface area contributed by atoms with E-state index < -0.39 is 0 Å². The summed E-state index contributed by atoms with van der Waals surface area (Å²) in [4.78, 5) is 3.99. The molecule has 2 heteroatoms. The van der Waals surface area contributed by atoms with Crippen molar-refractivity contribution in [3.8, 4) is 0 Å². The molecule has 2 rings (SSSR count). The molecule has 0 saturated heterocycles. The summed E-state index contributed by atoms with van der Waals surface area (Å²) < 4.78 is 0. The van der Waals surface area contributed by atoms with Gasteiger partial charge in [-0.15, -0.1) is 0 Å². The number of nitrogens with zero attached hydrogens (tertiary/aromatic N) is 1. The summed E-state index contributed by atoms with van der Waals surface area (Å²) in [5.41, 5.74) is 2.45. The Morgan fingerprint density at radius 3 is 3.40 bits per heavy atom. The van der Waals surface area contributed by atoms with Gasteiger partial charge in [0.15, 0.2) is 0 Å². The molecule has 0 aromatic carbocycles. The lowest BCUT2D eigenvalue weighted by Gasteiger charge is -2.14. The summed E-state index contributed by atoms with van der Waals surface area (Å²) in [6.07, 6.45) is 10.8. The highest BCUT2D eigenvalue weighted by Crippen LogP contribution is 2.18. The van der Waals surface area contributed by atoms with Crippen molar-refractivity contribution in [1.82, 2.24) is 5.32 Å². The van der Waals surface area contributed by atoms with Crippen LogP contribution in [0.2, 0.25) is 0 Å². The Labute approximate surface area is 59.7 Å². The van der Waals surface area contributed by atoms with E-state index in [-0.39, 0.29) is 0 Å². The lowest BCUT2D eigenvalue weighted by molar-refractivity contribution is 1.04. The van der Waals surface area contributed by atoms with E-state index in [0.717, 1.165) is 6.42 Å². The van der Waals surface area contributed by atoms with E-state index >= 15 is 0 Å². The van der Waals surface area contributed by atoms with Gasteiger partial charge in [0, 0.05) is 11.9 Å². The van der Waals surface area contributed by atoms with Crippen molar-refractivity contribution in [2.75, 3.05) is 0 Å². The second-order valence-electron chi connectivity index (χ2n) is 2.29. The SMILES string of the molecule is C1=CCC2=CN=CNC2=C1. The van der Waals surface area contributed by atoms with Crippen molar-refractivity contribution in [3.63, 3.8) is 0 Å². The van der Waals surface area contributed by atoms with Crippen LogP contribution in [0.4, 0.5) is 0 Å². The Morgan fingerprint density at radius 2 is 2.50 bits per heavy atom. The Morgan fingerprint density at radius 1 is 1.50 bits per heavy atom. The number of aliphatic imine (C=N–C) groups is 1. The fourth-order valence-electron chi connectivity index (χ4n) is 1.07. The molecular formula is C8H8N2. The highest BCUT2D eigenvalue weighted by Gasteiger charge is 2.06. The van der Waals surface area contributed by atoms with Gasteiger partial charge in [0.25, 0.3) is 0 Å². The van der Waals surface area contributed by atoms with E-state index in [1.165, 1.54) is 11.3 Å². The third kappa shape index (κ3) is 0.778. The van der Waals surface area contributed by atoms with Crippen LogP contribution >= 0.6 is 0 Å². The van der Waals surface area contributed by atoms with Gasteiger partial charge in [0.05, 0.1) is 6.34 Å². The van der Waals surface area contributed by atoms with Crippen molar-refractivity contribution in [2.45, 2.75) is 6.42 Å². The molecule has 2 aliphatic rings. The van der Waals surface area contributed by atoms with Gasteiger partial charge in [-0.05, 0) is 18.1 Å². The summed E-state index contributed by atoms with van der Waals surface area (Å²) in [6.45, 7) is 0. The molecule has 0 atom stereocenters. The van der Waals surface area contributed by atoms with E-state index in [1.54, 1.807) is 6.34 Å². The van der Waals surface area contributed by atoms with Crippen LogP contribution in [0.15, 0.2) is 40.7 Å². The lowest BCUT2D eigenvalue weighted by Crippen LogP contribution is -2.16. The molecule has 50 valence electrons. The molecule has 0 saturated carbocycles. The van der Waals surface area contributed by atoms with Gasteiger partial charge in [-0.1, -0.05) is 12.2 Å². The second-order valence-corrected chi connectivity index (χ2v) is 2.29. The molecular weight excluding hydrogens is 124 g/mol. The number of fused-ring (bicyclic) bond motifs is 1. The van der Waals surface area contributed by atoms with Crippen LogP contribution in [0, 0.1) is 0 Å². The van der Waals surface area contributed by atoms with Gasteiger partial charge >= 0.3 is 0 Å². The quantitative estimate of drug-likeness (QED) is 0.528. The van der Waals surface area contributed by atoms with E-state index in [9.17, 15) is 0 Å². The summed E-state index contributed by atoms with van der Waals surface area (Å²) in [6, 6.07) is 0. The molecule has 0 bridgehead atoms. The topological polar surface area (TPSA) is 24.4 Å². The predicted octanol–water partition coefficient (Wildman–Crippen LogP) is 1.35. The van der Waals surface area contributed by atoms with Crippen LogP contribution in [0.1, 0.15) is 6.42 Å². The molecule has 1 aliphatic carbocycles. The third-order valence-electron chi connectivity index (χ3n) is 1.61. The maximum Gasteiger partial charge on any atom is 0.0923 e. The predicted molar refractivity (Wildman–Crippen MR) is 41.6 cm³/mol. The largest absolute Gasteiger partial charge is 0.346 e. The standard InChI is InChI=1S/C8H8N2/c1-2-4-8-7(3-1)5-9-6-10-8/h1-2,4-6H,3H2,(H,9,10). The summed E-state index contributed by atoms with van der Waals surface area (Å²) in [5.74, 6) is 0. The zero-order chi connectivity index (χ0) is 6.81. The van der Waals surface area contributed by atoms with Gasteiger partial charge < -0.3 is 5.32 Å². The molecule has 0 aromatic heterocycles. The van der Waals surface area contributed by atoms with E-state index in [2.05, 4.69) is 28.5 Å². The lowest BCUT2D eigenvalue weighted by atomic mass is 10.1. The van der Waals surface area contributed by atoms with E-state index in [0.29, 0.717) is 0 Å². The van der Waals surface area contributed by atoms with Crippen molar-refractivity contribution in [2.24, 2.45) is 4.99 Å². The first kappa shape index (κ1) is 5.47. The number of rotatable bonds is 0. The van der Waals surface area contributed by atoms with Gasteiger partial charge in [-0.2, -0.15) is 0 Å². The molecule has 0 spiro atoms. The Bertz CT molecular complexity index is 228. The average Bonchev–Trinajstić information content (AvgIpc) is 2.05. The summed E-state index contributed by atoms with van der Waals surface area (Å²) in [7, 11) is 0. The Kier molecular flexibility index (Phi) is 1.17. The van der Waals surface area contributed by atoms with Crippen molar-refractivity contribution < 1.29 is 0 Å². The van der Waals surface area contributed by atoms with E-state index in [4.69, 9.17) is 0 Å². The Hall–Kier alpha value is -1.31. The highest BCUT2D eigenvalue weighted by atomic mass is 15.0. The maximum atomic E-state index is 3.99. The van der Waals surface area contributed by atoms with Gasteiger partial charge in [-0.3, -0.25) is 0 Å². The summed E-state index contributed by atoms with van der Waals surface area (Å²) in [5, 5.41) is 3.07. The van der Waals surface area contributed by atoms with Gasteiger partial charge in [0.2, 0.25) is 0 Å². The zero-order valence-corrected chi connectivity index (χ0v) is 5.54. The van der Waals surface area contributed by atoms with Crippen LogP contribution in [-0.4, -0.2) is 6.34 Å². The number of nitrogens with one attached hydrogen (secondary N) is 1.